The maximum Gasteiger partial charge on any atom is 0.410 e. The molecule has 0 spiro atoms. The Hall–Kier alpha value is -3.96. The molecule has 1 aliphatic carbocycles. The molecular formula is C34H44N4O7. The summed E-state index contributed by atoms with van der Waals surface area (Å²) in [5.74, 6) is 0.764. The molecular weight excluding hydrogens is 576 g/mol. The van der Waals surface area contributed by atoms with Crippen LogP contribution in [0.25, 0.3) is 0 Å². The number of benzene rings is 2. The smallest absolute Gasteiger partial charge is 0.410 e. The third-order valence-corrected chi connectivity index (χ3v) is 9.70. The summed E-state index contributed by atoms with van der Waals surface area (Å²) in [7, 11) is 1.61. The summed E-state index contributed by atoms with van der Waals surface area (Å²) in [5.41, 5.74) is 0.272. The van der Waals surface area contributed by atoms with Crippen LogP contribution in [0.15, 0.2) is 61.2 Å². The third kappa shape index (κ3) is 7.48. The summed E-state index contributed by atoms with van der Waals surface area (Å²) in [5, 5.41) is 23.1. The van der Waals surface area contributed by atoms with Crippen LogP contribution in [0.3, 0.4) is 0 Å². The fourth-order valence-electron chi connectivity index (χ4n) is 7.09. The lowest BCUT2D eigenvalue weighted by Crippen LogP contribution is -2.50. The number of nitrogens with zero attached hydrogens (tertiary/aromatic N) is 4. The number of ether oxygens (including phenoxy) is 2. The van der Waals surface area contributed by atoms with Gasteiger partial charge in [0.2, 0.25) is 5.91 Å². The van der Waals surface area contributed by atoms with E-state index < -0.39 is 16.6 Å². The molecule has 0 bridgehead atoms. The summed E-state index contributed by atoms with van der Waals surface area (Å²) < 4.78 is 10.9. The molecule has 1 saturated carbocycles. The molecule has 0 radical (unpaired) electrons. The molecule has 2 aromatic carbocycles. The van der Waals surface area contributed by atoms with Crippen molar-refractivity contribution in [2.24, 2.45) is 11.8 Å². The number of rotatable bonds is 11. The zero-order chi connectivity index (χ0) is 32.0. The summed E-state index contributed by atoms with van der Waals surface area (Å²) in [6.45, 7) is 7.08. The molecule has 0 unspecified atom stereocenters. The summed E-state index contributed by atoms with van der Waals surface area (Å²) in [6.07, 6.45) is 6.72. The molecule has 45 heavy (non-hydrogen) atoms. The number of nitro groups is 1. The Bertz CT molecular complexity index is 1340. The van der Waals surface area contributed by atoms with Crippen LogP contribution in [0, 0.1) is 22.0 Å². The zero-order valence-electron chi connectivity index (χ0n) is 26.0. The number of carbonyl (C=O) groups excluding carboxylic acids is 2. The first-order valence-corrected chi connectivity index (χ1v) is 15.9. The van der Waals surface area contributed by atoms with Gasteiger partial charge in [0.25, 0.3) is 5.69 Å². The van der Waals surface area contributed by atoms with Gasteiger partial charge < -0.3 is 29.3 Å². The van der Waals surface area contributed by atoms with E-state index in [1.54, 1.807) is 30.2 Å². The number of amides is 2. The van der Waals surface area contributed by atoms with Gasteiger partial charge in [-0.25, -0.2) is 4.79 Å². The van der Waals surface area contributed by atoms with E-state index in [4.69, 9.17) is 9.47 Å². The first-order chi connectivity index (χ1) is 21.7. The lowest BCUT2D eigenvalue weighted by atomic mass is 9.83. The zero-order valence-corrected chi connectivity index (χ0v) is 26.0. The van der Waals surface area contributed by atoms with Crippen LogP contribution in [0.2, 0.25) is 0 Å². The number of hydrogen-bond acceptors (Lipinski definition) is 8. The number of nitro benzene ring substituents is 1. The van der Waals surface area contributed by atoms with Gasteiger partial charge in [0.05, 0.1) is 18.6 Å². The third-order valence-electron chi connectivity index (χ3n) is 9.70. The quantitative estimate of drug-likeness (QED) is 0.217. The minimum Gasteiger partial charge on any atom is -0.497 e. The topological polar surface area (TPSA) is 126 Å². The predicted octanol–water partition coefficient (Wildman–Crippen LogP) is 4.73. The van der Waals surface area contributed by atoms with Crippen LogP contribution in [-0.4, -0.2) is 89.2 Å². The first kappa shape index (κ1) is 32.4. The highest BCUT2D eigenvalue weighted by molar-refractivity contribution is 5.79. The number of methoxy groups -OCH3 is 1. The maximum absolute atomic E-state index is 13.4. The van der Waals surface area contributed by atoms with Crippen molar-refractivity contribution in [2.45, 2.75) is 56.8 Å². The fourth-order valence-corrected chi connectivity index (χ4v) is 7.09. The minimum atomic E-state index is -1.17. The number of aliphatic hydroxyl groups is 1. The van der Waals surface area contributed by atoms with Gasteiger partial charge in [-0.15, -0.1) is 6.58 Å². The van der Waals surface area contributed by atoms with Gasteiger partial charge in [-0.1, -0.05) is 31.1 Å². The normalized spacial score (nSPS) is 22.7. The molecule has 11 heteroatoms. The maximum atomic E-state index is 13.4. The van der Waals surface area contributed by atoms with E-state index in [1.165, 1.54) is 12.1 Å². The molecule has 2 saturated heterocycles. The van der Waals surface area contributed by atoms with Gasteiger partial charge >= 0.3 is 6.09 Å². The molecule has 5 rings (SSSR count). The number of non-ortho nitro benzene ring substituents is 1. The molecule has 1 N–H and O–H groups in total. The Morgan fingerprint density at radius 2 is 1.76 bits per heavy atom. The molecule has 2 atom stereocenters. The van der Waals surface area contributed by atoms with E-state index in [0.29, 0.717) is 30.9 Å². The Labute approximate surface area is 264 Å². The van der Waals surface area contributed by atoms with Crippen LogP contribution in [0.4, 0.5) is 10.5 Å². The van der Waals surface area contributed by atoms with E-state index in [1.807, 2.05) is 29.2 Å². The van der Waals surface area contributed by atoms with Crippen LogP contribution in [0.5, 0.6) is 5.75 Å². The molecule has 3 aliphatic rings. The molecule has 242 valence electrons. The molecule has 0 aromatic heterocycles. The van der Waals surface area contributed by atoms with Gasteiger partial charge in [-0.05, 0) is 61.1 Å². The Morgan fingerprint density at radius 3 is 2.36 bits per heavy atom. The van der Waals surface area contributed by atoms with Gasteiger partial charge in [-0.2, -0.15) is 0 Å². The number of hydrogen-bond donors (Lipinski definition) is 1. The monoisotopic (exact) mass is 620 g/mol. The van der Waals surface area contributed by atoms with E-state index in [-0.39, 0.29) is 42.6 Å². The number of carbonyl (C=O) groups is 2. The van der Waals surface area contributed by atoms with Crippen LogP contribution < -0.4 is 4.74 Å². The lowest BCUT2D eigenvalue weighted by molar-refractivity contribution is -0.384. The lowest BCUT2D eigenvalue weighted by Gasteiger charge is -2.40. The number of likely N-dealkylation sites (tertiary alicyclic amines) is 2. The van der Waals surface area contributed by atoms with Crippen LogP contribution in [0.1, 0.15) is 49.7 Å². The number of β-amino-alcohol motifs (C(OH)–C–C–N with tert-alkyl or cyclic N) is 1. The second-order valence-corrected chi connectivity index (χ2v) is 12.5. The summed E-state index contributed by atoms with van der Waals surface area (Å²) in [6, 6.07) is 13.4. The predicted molar refractivity (Wildman–Crippen MR) is 169 cm³/mol. The van der Waals surface area contributed by atoms with Gasteiger partial charge in [-0.3, -0.25) is 14.9 Å². The van der Waals surface area contributed by atoms with Crippen LogP contribution >= 0.6 is 0 Å². The largest absolute Gasteiger partial charge is 0.497 e. The molecule has 2 aromatic rings. The minimum absolute atomic E-state index is 0.0155. The van der Waals surface area contributed by atoms with E-state index in [2.05, 4.69) is 11.5 Å². The Kier molecular flexibility index (Phi) is 10.4. The van der Waals surface area contributed by atoms with E-state index in [0.717, 1.165) is 57.2 Å². The molecule has 2 heterocycles. The second-order valence-electron chi connectivity index (χ2n) is 12.5. The summed E-state index contributed by atoms with van der Waals surface area (Å²) >= 11 is 0. The number of piperidine rings is 1. The Balaban J connectivity index is 1.21. The van der Waals surface area contributed by atoms with Crippen molar-refractivity contribution < 1.29 is 29.1 Å². The van der Waals surface area contributed by atoms with Crippen molar-refractivity contribution in [3.8, 4) is 5.75 Å². The average molecular weight is 621 g/mol. The van der Waals surface area contributed by atoms with Crippen molar-refractivity contribution in [1.29, 1.82) is 0 Å². The molecule has 3 fully saturated rings. The van der Waals surface area contributed by atoms with Crippen molar-refractivity contribution in [3.05, 3.63) is 82.4 Å². The van der Waals surface area contributed by atoms with Gasteiger partial charge in [0.1, 0.15) is 18.0 Å². The Morgan fingerprint density at radius 1 is 1.09 bits per heavy atom. The first-order valence-electron chi connectivity index (χ1n) is 15.9. The van der Waals surface area contributed by atoms with Crippen molar-refractivity contribution >= 4 is 17.7 Å². The molecule has 2 aliphatic heterocycles. The van der Waals surface area contributed by atoms with Gasteiger partial charge in [0, 0.05) is 62.7 Å². The highest BCUT2D eigenvalue weighted by Gasteiger charge is 2.49. The summed E-state index contributed by atoms with van der Waals surface area (Å²) in [4.78, 5) is 42.9. The highest BCUT2D eigenvalue weighted by atomic mass is 16.6. The van der Waals surface area contributed by atoms with Crippen molar-refractivity contribution in [1.82, 2.24) is 14.7 Å². The van der Waals surface area contributed by atoms with Gasteiger partial charge in [0.15, 0.2) is 0 Å². The standard InChI is InChI=1S/C34H44N4O7/c1-3-18-37(33(40)45-23-25-8-12-30(13-9-25)38(42)43)29-16-19-35(20-17-29)21-28-22-36(32(39)26-6-4-5-7-26)24-34(28,41)27-10-14-31(44-2)15-11-27/h3,8-15,26,28-29,41H,1,4-7,16-24H2,2H3/t28-,34-/m0/s1. The second kappa shape index (κ2) is 14.4. The van der Waals surface area contributed by atoms with E-state index >= 15 is 0 Å². The molecule has 11 nitrogen and oxygen atoms in total. The SMILES string of the molecule is C=CCN(C(=O)OCc1ccc([N+](=O)[O-])cc1)C1CCN(C[C@H]2CN(C(=O)C3CCCC3)C[C@]2(O)c2ccc(OC)cc2)CC1. The average Bonchev–Trinajstić information content (AvgIpc) is 3.72. The highest BCUT2D eigenvalue weighted by Crippen LogP contribution is 2.40. The van der Waals surface area contributed by atoms with Crippen molar-refractivity contribution in [2.75, 3.05) is 46.4 Å². The fraction of sp³-hybridized carbons (Fsp3) is 0.529. The van der Waals surface area contributed by atoms with Crippen LogP contribution in [-0.2, 0) is 21.7 Å². The van der Waals surface area contributed by atoms with E-state index in [9.17, 15) is 24.8 Å². The molecule has 2 amide bonds. The van der Waals surface area contributed by atoms with Crippen molar-refractivity contribution in [3.63, 3.8) is 0 Å².